The van der Waals surface area contributed by atoms with Gasteiger partial charge in [-0.15, -0.1) is 0 Å². The van der Waals surface area contributed by atoms with E-state index in [0.717, 1.165) is 12.8 Å². The lowest BCUT2D eigenvalue weighted by atomic mass is 9.39. The van der Waals surface area contributed by atoms with Crippen LogP contribution in [0.5, 0.6) is 0 Å². The first kappa shape index (κ1) is 14.9. The minimum Gasteiger partial charge on any atom is -0.385 e. The van der Waals surface area contributed by atoms with Gasteiger partial charge < -0.3 is 5.11 Å². The second kappa shape index (κ2) is 4.06. The molecule has 4 aliphatic rings. The summed E-state index contributed by atoms with van der Waals surface area (Å²) < 4.78 is 0. The number of aliphatic hydroxyl groups is 1. The van der Waals surface area contributed by atoms with Crippen molar-refractivity contribution in [1.82, 2.24) is 0 Å². The Morgan fingerprint density at radius 1 is 1.05 bits per heavy atom. The average molecular weight is 302 g/mol. The second-order valence-electron chi connectivity index (χ2n) is 9.98. The van der Waals surface area contributed by atoms with Gasteiger partial charge in [0, 0.05) is 11.8 Å². The van der Waals surface area contributed by atoms with Crippen LogP contribution < -0.4 is 0 Å². The first-order valence-corrected chi connectivity index (χ1v) is 9.04. The normalized spacial score (nSPS) is 55.7. The van der Waals surface area contributed by atoms with E-state index in [-0.39, 0.29) is 22.0 Å². The number of hydrogen-bond acceptors (Lipinski definition) is 2. The van der Waals surface area contributed by atoms with Crippen molar-refractivity contribution >= 4 is 5.78 Å². The molecular weight excluding hydrogens is 272 g/mol. The molecule has 2 heteroatoms. The van der Waals surface area contributed by atoms with E-state index in [1.165, 1.54) is 19.3 Å². The maximum Gasteiger partial charge on any atom is 0.162 e. The van der Waals surface area contributed by atoms with Crippen molar-refractivity contribution < 1.29 is 9.90 Å². The van der Waals surface area contributed by atoms with Gasteiger partial charge >= 0.3 is 0 Å². The second-order valence-corrected chi connectivity index (χ2v) is 9.98. The van der Waals surface area contributed by atoms with Crippen LogP contribution in [0.1, 0.15) is 66.2 Å². The fourth-order valence-corrected chi connectivity index (χ4v) is 7.28. The molecule has 2 nitrogen and oxygen atoms in total. The lowest BCUT2D eigenvalue weighted by molar-refractivity contribution is -0.196. The highest BCUT2D eigenvalue weighted by Crippen LogP contribution is 2.71. The van der Waals surface area contributed by atoms with Gasteiger partial charge in [0.15, 0.2) is 5.78 Å². The fourth-order valence-electron chi connectivity index (χ4n) is 7.28. The van der Waals surface area contributed by atoms with Gasteiger partial charge in [-0.3, -0.25) is 4.79 Å². The molecule has 22 heavy (non-hydrogen) atoms. The molecule has 0 aromatic carbocycles. The summed E-state index contributed by atoms with van der Waals surface area (Å²) in [6, 6.07) is 0. The molecule has 4 aliphatic carbocycles. The molecule has 0 radical (unpaired) electrons. The molecular formula is C20H30O2. The maximum absolute atomic E-state index is 12.5. The van der Waals surface area contributed by atoms with Crippen LogP contribution in [0.4, 0.5) is 0 Å². The number of rotatable bonds is 0. The van der Waals surface area contributed by atoms with Crippen molar-refractivity contribution in [3.8, 4) is 0 Å². The van der Waals surface area contributed by atoms with Crippen LogP contribution in [-0.2, 0) is 4.79 Å². The molecule has 0 aromatic heterocycles. The Morgan fingerprint density at radius 2 is 1.73 bits per heavy atom. The number of fused-ring (bicyclic) bond motifs is 3. The van der Waals surface area contributed by atoms with Crippen molar-refractivity contribution in [1.29, 1.82) is 0 Å². The minimum atomic E-state index is -0.758. The number of aliphatic hydroxyl groups excluding tert-OH is 1. The summed E-state index contributed by atoms with van der Waals surface area (Å²) in [7, 11) is 0. The molecule has 0 heterocycles. The Labute approximate surface area is 134 Å². The molecule has 122 valence electrons. The molecule has 0 unspecified atom stereocenters. The molecule has 4 rings (SSSR count). The number of ketones is 1. The largest absolute Gasteiger partial charge is 0.385 e. The lowest BCUT2D eigenvalue weighted by Gasteiger charge is -2.65. The monoisotopic (exact) mass is 302 g/mol. The lowest BCUT2D eigenvalue weighted by Crippen LogP contribution is -2.64. The van der Waals surface area contributed by atoms with Crippen LogP contribution in [-0.4, -0.2) is 17.0 Å². The van der Waals surface area contributed by atoms with Crippen LogP contribution in [0.25, 0.3) is 0 Å². The third kappa shape index (κ3) is 1.63. The number of carbonyl (C=O) groups excluding carboxylic acids is 1. The van der Waals surface area contributed by atoms with Gasteiger partial charge in [0.1, 0.15) is 6.10 Å². The molecule has 0 amide bonds. The summed E-state index contributed by atoms with van der Waals surface area (Å²) in [5.74, 6) is 1.00. The van der Waals surface area contributed by atoms with E-state index in [0.29, 0.717) is 23.7 Å². The first-order valence-electron chi connectivity index (χ1n) is 9.04. The maximum atomic E-state index is 12.5. The van der Waals surface area contributed by atoms with Crippen LogP contribution >= 0.6 is 0 Å². The Kier molecular flexibility index (Phi) is 2.76. The Balaban J connectivity index is 1.82. The molecule has 2 bridgehead atoms. The van der Waals surface area contributed by atoms with Crippen molar-refractivity contribution in [2.24, 2.45) is 33.5 Å². The van der Waals surface area contributed by atoms with E-state index in [1.54, 1.807) is 0 Å². The topological polar surface area (TPSA) is 37.3 Å². The van der Waals surface area contributed by atoms with E-state index >= 15 is 0 Å². The Bertz CT molecular complexity index is 562. The predicted octanol–water partition coefficient (Wildman–Crippen LogP) is 4.13. The molecule has 6 atom stereocenters. The Morgan fingerprint density at radius 3 is 2.45 bits per heavy atom. The highest BCUT2D eigenvalue weighted by atomic mass is 16.3. The van der Waals surface area contributed by atoms with E-state index in [4.69, 9.17) is 0 Å². The first-order chi connectivity index (χ1) is 10.1. The van der Waals surface area contributed by atoms with Gasteiger partial charge in [0.2, 0.25) is 0 Å². The van der Waals surface area contributed by atoms with E-state index < -0.39 is 6.10 Å². The summed E-state index contributed by atoms with van der Waals surface area (Å²) in [5, 5.41) is 10.9. The van der Waals surface area contributed by atoms with E-state index in [2.05, 4.69) is 39.8 Å². The van der Waals surface area contributed by atoms with Gasteiger partial charge in [-0.25, -0.2) is 0 Å². The standard InChI is InChI=1S/C20H30O2/c1-17(2)11-13(21)16(22)19(4)14(17)6-8-20-10-9-18(3,12-20)7-5-15(19)20/h9-10,14-16,22H,5-8,11-12H2,1-4H3/t14-,15+,16+,18-,19-,20+/m1/s1. The van der Waals surface area contributed by atoms with Crippen LogP contribution in [0.3, 0.4) is 0 Å². The summed E-state index contributed by atoms with van der Waals surface area (Å²) in [5.41, 5.74) is 0.384. The number of hydrogen-bond donors (Lipinski definition) is 1. The van der Waals surface area contributed by atoms with Gasteiger partial charge in [0.05, 0.1) is 0 Å². The average Bonchev–Trinajstić information content (AvgIpc) is 2.66. The summed E-state index contributed by atoms with van der Waals surface area (Å²) in [6.45, 7) is 9.11. The fraction of sp³-hybridized carbons (Fsp3) is 0.850. The predicted molar refractivity (Wildman–Crippen MR) is 87.3 cm³/mol. The highest BCUT2D eigenvalue weighted by Gasteiger charge is 2.67. The number of Topliss-reactive ketones (excluding diaryl/α,β-unsaturated/α-hetero) is 1. The zero-order valence-electron chi connectivity index (χ0n) is 14.5. The zero-order valence-corrected chi connectivity index (χ0v) is 14.5. The third-order valence-corrected chi connectivity index (χ3v) is 8.12. The zero-order chi connectivity index (χ0) is 16.0. The van der Waals surface area contributed by atoms with Crippen molar-refractivity contribution in [2.75, 3.05) is 0 Å². The quantitative estimate of drug-likeness (QED) is 0.683. The van der Waals surface area contributed by atoms with Crippen molar-refractivity contribution in [3.05, 3.63) is 12.2 Å². The van der Waals surface area contributed by atoms with Crippen LogP contribution in [0.2, 0.25) is 0 Å². The molecule has 3 fully saturated rings. The smallest absolute Gasteiger partial charge is 0.162 e. The Hall–Kier alpha value is -0.630. The minimum absolute atomic E-state index is 0.0236. The van der Waals surface area contributed by atoms with Crippen LogP contribution in [0, 0.1) is 33.5 Å². The number of carbonyl (C=O) groups is 1. The van der Waals surface area contributed by atoms with Gasteiger partial charge in [-0.05, 0) is 60.2 Å². The molecule has 0 saturated heterocycles. The molecule has 0 aromatic rings. The summed E-state index contributed by atoms with van der Waals surface area (Å²) >= 11 is 0. The number of allylic oxidation sites excluding steroid dienone is 2. The van der Waals surface area contributed by atoms with Gasteiger partial charge in [0.25, 0.3) is 0 Å². The molecule has 3 saturated carbocycles. The molecule has 0 aliphatic heterocycles. The van der Waals surface area contributed by atoms with Gasteiger partial charge in [-0.1, -0.05) is 39.8 Å². The molecule has 1 spiro atoms. The molecule has 1 N–H and O–H groups in total. The van der Waals surface area contributed by atoms with E-state index in [1.807, 2.05) is 0 Å². The third-order valence-electron chi connectivity index (χ3n) is 8.12. The summed E-state index contributed by atoms with van der Waals surface area (Å²) in [4.78, 5) is 12.5. The van der Waals surface area contributed by atoms with Crippen LogP contribution in [0.15, 0.2) is 12.2 Å². The summed E-state index contributed by atoms with van der Waals surface area (Å²) in [6.07, 6.45) is 10.7. The van der Waals surface area contributed by atoms with Gasteiger partial charge in [-0.2, -0.15) is 0 Å². The SMILES string of the molecule is CC1(C)CC(=O)[C@H](O)[C@]2(C)[C@@H]1CC[C@@]13C=C[C@@](C)(CC[C@H]12)C3. The highest BCUT2D eigenvalue weighted by molar-refractivity contribution is 5.85. The van der Waals surface area contributed by atoms with Crippen molar-refractivity contribution in [2.45, 2.75) is 72.3 Å². The van der Waals surface area contributed by atoms with Crippen molar-refractivity contribution in [3.63, 3.8) is 0 Å². The van der Waals surface area contributed by atoms with E-state index in [9.17, 15) is 9.90 Å².